The van der Waals surface area contributed by atoms with Gasteiger partial charge in [0, 0.05) is 81.2 Å². The van der Waals surface area contributed by atoms with Crippen LogP contribution >= 0.6 is 34.4 Å². The summed E-state index contributed by atoms with van der Waals surface area (Å²) in [6.07, 6.45) is 10.1. The van der Waals surface area contributed by atoms with Crippen LogP contribution in [-0.4, -0.2) is 24.4 Å². The van der Waals surface area contributed by atoms with Crippen molar-refractivity contribution in [2.24, 2.45) is 0 Å². The van der Waals surface area contributed by atoms with Crippen molar-refractivity contribution >= 4 is 138 Å². The monoisotopic (exact) mass is 1330 g/mol. The molecule has 0 aliphatic rings. The zero-order chi connectivity index (χ0) is 66.6. The van der Waals surface area contributed by atoms with Gasteiger partial charge in [-0.1, -0.05) is 206 Å². The molecule has 12 aromatic carbocycles. The van der Waals surface area contributed by atoms with E-state index in [0.29, 0.717) is 4.88 Å². The lowest BCUT2D eigenvalue weighted by Gasteiger charge is -2.25. The van der Waals surface area contributed by atoms with Gasteiger partial charge in [0.2, 0.25) is 0 Å². The van der Waals surface area contributed by atoms with Crippen molar-refractivity contribution in [2.75, 3.05) is 9.80 Å². The molecule has 0 saturated heterocycles. The van der Waals surface area contributed by atoms with Gasteiger partial charge in [0.1, 0.15) is 22.7 Å². The van der Waals surface area contributed by atoms with Crippen molar-refractivity contribution < 1.29 is 9.90 Å². The first-order valence-corrected chi connectivity index (χ1v) is 34.8. The zero-order valence-electron chi connectivity index (χ0n) is 53.2. The van der Waals surface area contributed by atoms with E-state index in [1.54, 1.807) is 17.4 Å². The van der Waals surface area contributed by atoms with Crippen molar-refractivity contribution in [1.29, 1.82) is 5.26 Å². The van der Waals surface area contributed by atoms with Gasteiger partial charge in [0.05, 0.1) is 22.8 Å². The van der Waals surface area contributed by atoms with Crippen molar-refractivity contribution in [2.45, 2.75) is 0 Å². The molecule has 1 N–H and O–H groups in total. The van der Waals surface area contributed by atoms with Crippen LogP contribution in [0.4, 0.5) is 34.1 Å². The van der Waals surface area contributed by atoms with E-state index in [9.17, 15) is 15.2 Å². The van der Waals surface area contributed by atoms with Crippen LogP contribution in [0.3, 0.4) is 0 Å². The highest BCUT2D eigenvalue weighted by Crippen LogP contribution is 2.44. The average Bonchev–Trinajstić information content (AvgIpc) is 1.59. The highest BCUT2D eigenvalue weighted by molar-refractivity contribution is 7.19. The quantitative estimate of drug-likeness (QED) is 0.0519. The first-order valence-electron chi connectivity index (χ1n) is 32.4. The number of carboxylic acids is 1. The number of aliphatic carboxylic acids is 1. The predicted molar refractivity (Wildman–Crippen MR) is 416 cm³/mol. The summed E-state index contributed by atoms with van der Waals surface area (Å²) >= 11 is 4.30. The minimum absolute atomic E-state index is 0.312. The van der Waals surface area contributed by atoms with E-state index >= 15 is 0 Å². The van der Waals surface area contributed by atoms with Gasteiger partial charge in [0.15, 0.2) is 0 Å². The normalized spacial score (nSPS) is 11.7. The van der Waals surface area contributed by atoms with E-state index in [0.717, 1.165) is 138 Å². The van der Waals surface area contributed by atoms with Crippen LogP contribution in [-0.2, 0) is 4.79 Å². The topological polar surface area (TPSA) is 98.3 Å². The first-order chi connectivity index (χ1) is 48.8. The van der Waals surface area contributed by atoms with Crippen LogP contribution in [0.1, 0.15) is 27.1 Å². The third-order valence-electron chi connectivity index (χ3n) is 17.8. The lowest BCUT2D eigenvalue weighted by atomic mass is 9.99. The lowest BCUT2D eigenvalue weighted by Crippen LogP contribution is -2.09. The van der Waals surface area contributed by atoms with Crippen LogP contribution < -0.4 is 9.80 Å². The number of benzene rings is 12. The van der Waals surface area contributed by atoms with Crippen LogP contribution in [0.2, 0.25) is 0 Å². The van der Waals surface area contributed by atoms with Gasteiger partial charge in [0.25, 0.3) is 0 Å². The molecule has 99 heavy (non-hydrogen) atoms. The second-order valence-corrected chi connectivity index (χ2v) is 26.6. The Balaban J connectivity index is 0.685. The fourth-order valence-corrected chi connectivity index (χ4v) is 15.4. The molecule has 0 aliphatic carbocycles. The Morgan fingerprint density at radius 1 is 0.384 bits per heavy atom. The molecule has 8 nitrogen and oxygen atoms in total. The molecule has 0 spiro atoms. The van der Waals surface area contributed by atoms with Crippen LogP contribution in [0, 0.1) is 11.3 Å². The molecule has 4 aromatic heterocycles. The predicted octanol–water partition coefficient (Wildman–Crippen LogP) is 24.5. The summed E-state index contributed by atoms with van der Waals surface area (Å²) < 4.78 is 11.9. The van der Waals surface area contributed by atoms with Crippen LogP contribution in [0.15, 0.2) is 321 Å². The third-order valence-corrected chi connectivity index (χ3v) is 20.5. The van der Waals surface area contributed by atoms with Gasteiger partial charge in [-0.2, -0.15) is 14.0 Å². The number of thiophene rings is 2. The van der Waals surface area contributed by atoms with Crippen molar-refractivity contribution in [3.63, 3.8) is 0 Å². The summed E-state index contributed by atoms with van der Waals surface area (Å²) in [6, 6.07) is 114. The van der Waals surface area contributed by atoms with E-state index in [-0.39, 0.29) is 5.57 Å². The Kier molecular flexibility index (Phi) is 16.9. The molecule has 11 heteroatoms. The minimum atomic E-state index is -1.25. The standard InChI is InChI=1S/C88H58N6O2S3/c89-58-68(88(95)96)55-76-47-52-84(97-76)77-48-49-78(87-86(77)90-99-91-87)85-54-53-83(98-85)65-37-45-75(46-38-65)94-81-50-39-66(63-33-25-59(26-34-63)21-23-61-29-41-73(42-30-61)92(69-13-5-1-6-14-69)70-15-7-2-8-16-70)56-79(81)80-57-67(40-51-82(80)94)64-35-27-60(28-36-64)22-24-62-31-43-74(44-32-62)93(71-17-9-3-10-18-71)72-19-11-4-12-20-72/h1-57H,(H,95,96)/b23-21+,24-22+,68-55+. The van der Waals surface area contributed by atoms with E-state index in [1.807, 2.05) is 36.4 Å². The number of hydrogen-bond acceptors (Lipinski definition) is 9. The number of carboxylic acid groups (broad SMARTS) is 1. The van der Waals surface area contributed by atoms with Gasteiger partial charge in [-0.15, -0.1) is 22.7 Å². The molecule has 0 atom stereocenters. The number of aromatic nitrogens is 3. The summed E-state index contributed by atoms with van der Waals surface area (Å²) in [7, 11) is 0. The summed E-state index contributed by atoms with van der Waals surface area (Å²) in [4.78, 5) is 19.9. The molecule has 4 heterocycles. The molecule has 0 unspecified atom stereocenters. The number of nitrogens with zero attached hydrogens (tertiary/aromatic N) is 6. The second kappa shape index (κ2) is 27.3. The first kappa shape index (κ1) is 61.3. The molecule has 16 rings (SSSR count). The molecule has 0 fully saturated rings. The molecular formula is C88H58N6O2S3. The number of para-hydroxylation sites is 4. The van der Waals surface area contributed by atoms with E-state index in [2.05, 4.69) is 318 Å². The summed E-state index contributed by atoms with van der Waals surface area (Å²) in [6.45, 7) is 0. The van der Waals surface area contributed by atoms with Gasteiger partial charge < -0.3 is 19.5 Å². The average molecular weight is 1330 g/mol. The summed E-state index contributed by atoms with van der Waals surface area (Å²) in [5, 5.41) is 21.1. The molecule has 0 radical (unpaired) electrons. The maximum Gasteiger partial charge on any atom is 0.346 e. The lowest BCUT2D eigenvalue weighted by molar-refractivity contribution is -0.132. The zero-order valence-corrected chi connectivity index (χ0v) is 55.6. The highest BCUT2D eigenvalue weighted by atomic mass is 32.1. The molecular weight excluding hydrogens is 1270 g/mol. The van der Waals surface area contributed by atoms with Crippen LogP contribution in [0.5, 0.6) is 0 Å². The number of anilines is 6. The Labute approximate surface area is 585 Å². The number of hydrogen-bond donors (Lipinski definition) is 1. The van der Waals surface area contributed by atoms with Crippen molar-refractivity contribution in [3.05, 3.63) is 348 Å². The smallest absolute Gasteiger partial charge is 0.346 e. The maximum absolute atomic E-state index is 11.5. The van der Waals surface area contributed by atoms with E-state index < -0.39 is 5.97 Å². The van der Waals surface area contributed by atoms with Gasteiger partial charge in [-0.25, -0.2) is 4.79 Å². The summed E-state index contributed by atoms with van der Waals surface area (Å²) in [5.74, 6) is -1.25. The van der Waals surface area contributed by atoms with E-state index in [1.165, 1.54) is 39.9 Å². The Morgan fingerprint density at radius 2 is 0.747 bits per heavy atom. The maximum atomic E-state index is 11.5. The fourth-order valence-electron chi connectivity index (χ4n) is 12.8. The Morgan fingerprint density at radius 3 is 1.16 bits per heavy atom. The fraction of sp³-hybridized carbons (Fsp3) is 0. The van der Waals surface area contributed by atoms with Gasteiger partial charge in [-0.05, 0) is 190 Å². The summed E-state index contributed by atoms with van der Waals surface area (Å²) in [5.41, 5.74) is 23.3. The largest absolute Gasteiger partial charge is 0.477 e. The van der Waals surface area contributed by atoms with Gasteiger partial charge in [-0.3, -0.25) is 0 Å². The molecule has 0 bridgehead atoms. The highest BCUT2D eigenvalue weighted by Gasteiger charge is 2.20. The molecule has 0 saturated carbocycles. The molecule has 0 amide bonds. The number of carbonyl (C=O) groups is 1. The number of fused-ring (bicyclic) bond motifs is 4. The SMILES string of the molecule is N#C/C(=C\c1ccc(-c2ccc(-c3ccc(-c4ccc(-n5c6ccc(-c7ccc(/C=C/c8ccc(N(c9ccccc9)c9ccccc9)cc8)cc7)cc6c6cc(-c7ccc(/C=C/c8ccc(N(c9ccccc9)c9ccccc9)cc8)cc7)ccc65)cc4)s3)c3nsnc23)s1)C(=O)O. The van der Waals surface area contributed by atoms with Crippen molar-refractivity contribution in [1.82, 2.24) is 13.3 Å². The molecule has 470 valence electrons. The minimum Gasteiger partial charge on any atom is -0.477 e. The number of nitriles is 1. The van der Waals surface area contributed by atoms with Crippen LogP contribution in [0.25, 0.3) is 122 Å². The Hall–Kier alpha value is -12.6. The molecule has 0 aliphatic heterocycles. The second-order valence-electron chi connectivity index (χ2n) is 23.9. The van der Waals surface area contributed by atoms with E-state index in [4.69, 9.17) is 8.75 Å². The van der Waals surface area contributed by atoms with Crippen molar-refractivity contribution in [3.8, 4) is 65.3 Å². The molecule has 16 aromatic rings. The number of rotatable bonds is 18. The van der Waals surface area contributed by atoms with Gasteiger partial charge >= 0.3 is 5.97 Å². The third kappa shape index (κ3) is 12.7. The Bertz CT molecular complexity index is 5420.